The maximum atomic E-state index is 13.3. The Morgan fingerprint density at radius 3 is 2.67 bits per heavy atom. The molecule has 2 aromatic carbocycles. The van der Waals surface area contributed by atoms with Crippen molar-refractivity contribution in [3.8, 4) is 5.75 Å². The molecular formula is C15H16FNO. The van der Waals surface area contributed by atoms with Gasteiger partial charge in [0.25, 0.3) is 0 Å². The highest BCUT2D eigenvalue weighted by molar-refractivity contribution is 5.39. The number of aryl methyl sites for hydroxylation is 1. The second kappa shape index (κ2) is 5.19. The van der Waals surface area contributed by atoms with E-state index in [0.29, 0.717) is 0 Å². The first-order chi connectivity index (χ1) is 8.61. The standard InChI is InChI=1S/C15H16FNO/c1-10-6-7-12(16)9-14(10)15(17)11-4-3-5-13(8-11)18-2/h3-9,15H,17H2,1-2H3. The van der Waals surface area contributed by atoms with Crippen LogP contribution in [0, 0.1) is 12.7 Å². The number of benzene rings is 2. The minimum atomic E-state index is -0.351. The van der Waals surface area contributed by atoms with Crippen molar-refractivity contribution in [2.45, 2.75) is 13.0 Å². The molecule has 2 rings (SSSR count). The van der Waals surface area contributed by atoms with Crippen molar-refractivity contribution in [2.75, 3.05) is 7.11 Å². The predicted octanol–water partition coefficient (Wildman–Crippen LogP) is 3.19. The zero-order chi connectivity index (χ0) is 13.1. The second-order valence-electron chi connectivity index (χ2n) is 4.26. The van der Waals surface area contributed by atoms with Gasteiger partial charge in [0.05, 0.1) is 13.2 Å². The van der Waals surface area contributed by atoms with E-state index < -0.39 is 0 Å². The highest BCUT2D eigenvalue weighted by Crippen LogP contribution is 2.25. The maximum absolute atomic E-state index is 13.3. The summed E-state index contributed by atoms with van der Waals surface area (Å²) in [4.78, 5) is 0. The van der Waals surface area contributed by atoms with Crippen LogP contribution in [0.1, 0.15) is 22.7 Å². The molecule has 2 nitrogen and oxygen atoms in total. The van der Waals surface area contributed by atoms with Gasteiger partial charge in [-0.05, 0) is 47.9 Å². The highest BCUT2D eigenvalue weighted by atomic mass is 19.1. The fraction of sp³-hybridized carbons (Fsp3) is 0.200. The Bertz CT molecular complexity index is 554. The molecule has 0 radical (unpaired) electrons. The number of methoxy groups -OCH3 is 1. The summed E-state index contributed by atoms with van der Waals surface area (Å²) >= 11 is 0. The molecule has 0 aliphatic carbocycles. The van der Waals surface area contributed by atoms with Crippen LogP contribution >= 0.6 is 0 Å². The molecule has 0 amide bonds. The Labute approximate surface area is 106 Å². The van der Waals surface area contributed by atoms with E-state index in [1.165, 1.54) is 12.1 Å². The van der Waals surface area contributed by atoms with Gasteiger partial charge in [-0.15, -0.1) is 0 Å². The predicted molar refractivity (Wildman–Crippen MR) is 70.2 cm³/mol. The van der Waals surface area contributed by atoms with E-state index >= 15 is 0 Å². The lowest BCUT2D eigenvalue weighted by atomic mass is 9.95. The Hall–Kier alpha value is -1.87. The summed E-state index contributed by atoms with van der Waals surface area (Å²) in [6, 6.07) is 11.8. The van der Waals surface area contributed by atoms with Crippen molar-refractivity contribution in [3.05, 3.63) is 65.0 Å². The second-order valence-corrected chi connectivity index (χ2v) is 4.26. The topological polar surface area (TPSA) is 35.2 Å². The first-order valence-electron chi connectivity index (χ1n) is 5.77. The molecule has 0 aromatic heterocycles. The van der Waals surface area contributed by atoms with Crippen molar-refractivity contribution in [1.29, 1.82) is 0 Å². The third-order valence-electron chi connectivity index (χ3n) is 3.03. The molecule has 0 spiro atoms. The van der Waals surface area contributed by atoms with Crippen molar-refractivity contribution in [1.82, 2.24) is 0 Å². The molecule has 0 aliphatic rings. The number of halogens is 1. The molecule has 18 heavy (non-hydrogen) atoms. The smallest absolute Gasteiger partial charge is 0.123 e. The number of rotatable bonds is 3. The van der Waals surface area contributed by atoms with Gasteiger partial charge in [-0.25, -0.2) is 4.39 Å². The number of ether oxygens (including phenoxy) is 1. The number of hydrogen-bond donors (Lipinski definition) is 1. The zero-order valence-corrected chi connectivity index (χ0v) is 10.5. The van der Waals surface area contributed by atoms with Crippen molar-refractivity contribution < 1.29 is 9.13 Å². The van der Waals surface area contributed by atoms with Crippen LogP contribution in [0.25, 0.3) is 0 Å². The van der Waals surface area contributed by atoms with Gasteiger partial charge in [-0.2, -0.15) is 0 Å². The quantitative estimate of drug-likeness (QED) is 0.901. The summed E-state index contributed by atoms with van der Waals surface area (Å²) in [6.45, 7) is 1.93. The van der Waals surface area contributed by atoms with Gasteiger partial charge in [-0.3, -0.25) is 0 Å². The van der Waals surface area contributed by atoms with Crippen LogP contribution < -0.4 is 10.5 Å². The Morgan fingerprint density at radius 2 is 1.94 bits per heavy atom. The summed E-state index contributed by atoms with van der Waals surface area (Å²) in [5.74, 6) is 0.478. The third-order valence-corrected chi connectivity index (χ3v) is 3.03. The van der Waals surface area contributed by atoms with Gasteiger partial charge in [0, 0.05) is 0 Å². The van der Waals surface area contributed by atoms with Crippen LogP contribution in [0.2, 0.25) is 0 Å². The van der Waals surface area contributed by atoms with Gasteiger partial charge >= 0.3 is 0 Å². The molecule has 1 unspecified atom stereocenters. The first kappa shape index (κ1) is 12.6. The molecule has 0 saturated heterocycles. The SMILES string of the molecule is COc1cccc(C(N)c2cc(F)ccc2C)c1. The van der Waals surface area contributed by atoms with E-state index in [4.69, 9.17) is 10.5 Å². The van der Waals surface area contributed by atoms with E-state index in [1.807, 2.05) is 31.2 Å². The van der Waals surface area contributed by atoms with Crippen LogP contribution in [-0.2, 0) is 0 Å². The minimum absolute atomic E-state index is 0.269. The van der Waals surface area contributed by atoms with E-state index in [0.717, 1.165) is 22.4 Å². The van der Waals surface area contributed by atoms with Crippen molar-refractivity contribution in [3.63, 3.8) is 0 Å². The normalized spacial score (nSPS) is 12.2. The van der Waals surface area contributed by atoms with E-state index in [-0.39, 0.29) is 11.9 Å². The van der Waals surface area contributed by atoms with Crippen LogP contribution in [0.5, 0.6) is 5.75 Å². The van der Waals surface area contributed by atoms with Crippen LogP contribution in [0.15, 0.2) is 42.5 Å². The molecule has 2 N–H and O–H groups in total. The Balaban J connectivity index is 2.40. The lowest BCUT2D eigenvalue weighted by Crippen LogP contribution is -2.13. The van der Waals surface area contributed by atoms with E-state index in [2.05, 4.69) is 0 Å². The van der Waals surface area contributed by atoms with Crippen molar-refractivity contribution in [2.24, 2.45) is 5.73 Å². The average molecular weight is 245 g/mol. The summed E-state index contributed by atoms with van der Waals surface area (Å²) in [7, 11) is 1.61. The molecule has 0 bridgehead atoms. The van der Waals surface area contributed by atoms with Gasteiger partial charge in [0.2, 0.25) is 0 Å². The van der Waals surface area contributed by atoms with Crippen LogP contribution in [0.4, 0.5) is 4.39 Å². The fourth-order valence-corrected chi connectivity index (χ4v) is 1.96. The summed E-state index contributed by atoms with van der Waals surface area (Å²) in [5, 5.41) is 0. The van der Waals surface area contributed by atoms with Gasteiger partial charge in [0.15, 0.2) is 0 Å². The van der Waals surface area contributed by atoms with E-state index in [1.54, 1.807) is 13.2 Å². The van der Waals surface area contributed by atoms with Crippen LogP contribution in [-0.4, -0.2) is 7.11 Å². The third kappa shape index (κ3) is 2.51. The molecule has 94 valence electrons. The van der Waals surface area contributed by atoms with Gasteiger partial charge < -0.3 is 10.5 Å². The zero-order valence-electron chi connectivity index (χ0n) is 10.5. The maximum Gasteiger partial charge on any atom is 0.123 e. The van der Waals surface area contributed by atoms with Crippen molar-refractivity contribution >= 4 is 0 Å². The number of nitrogens with two attached hydrogens (primary N) is 1. The first-order valence-corrected chi connectivity index (χ1v) is 5.77. The summed E-state index contributed by atoms with van der Waals surface area (Å²) < 4.78 is 18.5. The average Bonchev–Trinajstić information content (AvgIpc) is 2.41. The molecule has 2 aromatic rings. The van der Waals surface area contributed by atoms with Gasteiger partial charge in [0.1, 0.15) is 11.6 Å². The summed E-state index contributed by atoms with van der Waals surface area (Å²) in [6.07, 6.45) is 0. The Morgan fingerprint density at radius 1 is 1.17 bits per heavy atom. The largest absolute Gasteiger partial charge is 0.497 e. The number of hydrogen-bond acceptors (Lipinski definition) is 2. The summed E-state index contributed by atoms with van der Waals surface area (Å²) in [5.41, 5.74) is 8.87. The minimum Gasteiger partial charge on any atom is -0.497 e. The molecule has 0 heterocycles. The fourth-order valence-electron chi connectivity index (χ4n) is 1.96. The molecule has 0 fully saturated rings. The lowest BCUT2D eigenvalue weighted by Gasteiger charge is -2.16. The molecular weight excluding hydrogens is 229 g/mol. The molecule has 3 heteroatoms. The van der Waals surface area contributed by atoms with Gasteiger partial charge in [-0.1, -0.05) is 18.2 Å². The Kier molecular flexibility index (Phi) is 3.63. The van der Waals surface area contributed by atoms with E-state index in [9.17, 15) is 4.39 Å². The lowest BCUT2D eigenvalue weighted by molar-refractivity contribution is 0.414. The molecule has 1 atom stereocenters. The molecule has 0 aliphatic heterocycles. The molecule has 0 saturated carbocycles. The monoisotopic (exact) mass is 245 g/mol. The van der Waals surface area contributed by atoms with Crippen LogP contribution in [0.3, 0.4) is 0 Å². The highest BCUT2D eigenvalue weighted by Gasteiger charge is 2.12.